The minimum absolute atomic E-state index is 0.0723. The van der Waals surface area contributed by atoms with Crippen LogP contribution in [0, 0.1) is 24.1 Å². The minimum Gasteiger partial charge on any atom is -0.356 e. The first-order chi connectivity index (χ1) is 17.4. The Labute approximate surface area is 210 Å². The Balaban J connectivity index is 1.67. The quantitative estimate of drug-likeness (QED) is 0.442. The average molecular weight is 506 g/mol. The number of nitrogens with zero attached hydrogens (tertiary/aromatic N) is 6. The fourth-order valence-electron chi connectivity index (χ4n) is 4.83. The maximum Gasteiger partial charge on any atom is 0.333 e. The van der Waals surface area contributed by atoms with Crippen LogP contribution in [-0.4, -0.2) is 37.0 Å². The van der Waals surface area contributed by atoms with Gasteiger partial charge in [0.15, 0.2) is 5.82 Å². The van der Waals surface area contributed by atoms with Gasteiger partial charge in [-0.05, 0) is 49.1 Å². The van der Waals surface area contributed by atoms with Crippen LogP contribution in [0.5, 0.6) is 0 Å². The molecule has 0 saturated carbocycles. The average Bonchev–Trinajstić information content (AvgIpc) is 3.35. The van der Waals surface area contributed by atoms with Crippen molar-refractivity contribution in [2.24, 2.45) is 5.73 Å². The number of benzene rings is 2. The molecule has 9 nitrogen and oxygen atoms in total. The van der Waals surface area contributed by atoms with Gasteiger partial charge in [-0.3, -0.25) is 13.9 Å². The second kappa shape index (κ2) is 9.64. The molecule has 1 atom stereocenters. The molecular formula is C25H24FN7O2S. The van der Waals surface area contributed by atoms with Gasteiger partial charge in [0.05, 0.1) is 42.0 Å². The van der Waals surface area contributed by atoms with Crippen molar-refractivity contribution in [1.82, 2.24) is 17.9 Å². The molecular weight excluding hydrogens is 481 g/mol. The monoisotopic (exact) mass is 505 g/mol. The normalized spacial score (nSPS) is 15.8. The summed E-state index contributed by atoms with van der Waals surface area (Å²) < 4.78 is 25.2. The molecule has 0 aliphatic carbocycles. The zero-order chi connectivity index (χ0) is 25.4. The molecule has 184 valence electrons. The van der Waals surface area contributed by atoms with Crippen LogP contribution in [0.25, 0.3) is 11.0 Å². The minimum atomic E-state index is -0.553. The van der Waals surface area contributed by atoms with Crippen molar-refractivity contribution in [3.05, 3.63) is 85.3 Å². The lowest BCUT2D eigenvalue weighted by Gasteiger charge is -2.35. The number of halogens is 1. The highest BCUT2D eigenvalue weighted by Gasteiger charge is 2.26. The van der Waals surface area contributed by atoms with Crippen LogP contribution in [0.2, 0.25) is 0 Å². The molecule has 1 aliphatic rings. The van der Waals surface area contributed by atoms with Gasteiger partial charge in [0.1, 0.15) is 16.9 Å². The molecule has 1 fully saturated rings. The van der Waals surface area contributed by atoms with Gasteiger partial charge in [-0.2, -0.15) is 14.0 Å². The summed E-state index contributed by atoms with van der Waals surface area (Å²) in [5, 5.41) is 9.60. The van der Waals surface area contributed by atoms with E-state index in [1.54, 1.807) is 37.3 Å². The number of piperidine rings is 1. The van der Waals surface area contributed by atoms with E-state index in [9.17, 15) is 19.2 Å². The summed E-state index contributed by atoms with van der Waals surface area (Å²) >= 11 is 0.899. The highest BCUT2D eigenvalue weighted by molar-refractivity contribution is 7.00. The van der Waals surface area contributed by atoms with Gasteiger partial charge in [0.2, 0.25) is 0 Å². The van der Waals surface area contributed by atoms with E-state index >= 15 is 0 Å². The number of aromatic nitrogens is 4. The highest BCUT2D eigenvalue weighted by Crippen LogP contribution is 2.23. The van der Waals surface area contributed by atoms with E-state index in [4.69, 9.17) is 5.73 Å². The second-order valence-electron chi connectivity index (χ2n) is 9.04. The second-order valence-corrected chi connectivity index (χ2v) is 9.56. The van der Waals surface area contributed by atoms with Gasteiger partial charge >= 0.3 is 5.69 Å². The Bertz CT molecular complexity index is 1620. The molecule has 2 N–H and O–H groups in total. The van der Waals surface area contributed by atoms with Gasteiger partial charge in [0.25, 0.3) is 5.56 Å². The number of fused-ring (bicyclic) bond motifs is 1. The fourth-order valence-corrected chi connectivity index (χ4v) is 5.36. The first-order valence-electron chi connectivity index (χ1n) is 11.6. The van der Waals surface area contributed by atoms with Crippen LogP contribution in [0.4, 0.5) is 10.2 Å². The third-order valence-corrected chi connectivity index (χ3v) is 7.10. The van der Waals surface area contributed by atoms with Crippen molar-refractivity contribution in [1.29, 1.82) is 5.26 Å². The van der Waals surface area contributed by atoms with E-state index in [-0.39, 0.29) is 24.6 Å². The molecule has 0 amide bonds. The van der Waals surface area contributed by atoms with Crippen molar-refractivity contribution in [2.45, 2.75) is 38.9 Å². The summed E-state index contributed by atoms with van der Waals surface area (Å²) in [6.07, 6.45) is 1.71. The fraction of sp³-hybridized carbons (Fsp3) is 0.320. The number of rotatable bonds is 5. The van der Waals surface area contributed by atoms with E-state index in [2.05, 4.69) is 14.8 Å². The predicted molar refractivity (Wildman–Crippen MR) is 136 cm³/mol. The molecule has 0 radical (unpaired) electrons. The van der Waals surface area contributed by atoms with Gasteiger partial charge < -0.3 is 10.6 Å². The van der Waals surface area contributed by atoms with Crippen LogP contribution in [0.15, 0.2) is 46.0 Å². The third-order valence-electron chi connectivity index (χ3n) is 6.56. The zero-order valence-corrected chi connectivity index (χ0v) is 20.5. The van der Waals surface area contributed by atoms with Crippen molar-refractivity contribution < 1.29 is 4.39 Å². The Hall–Kier alpha value is -3.88. The highest BCUT2D eigenvalue weighted by atomic mass is 32.1. The Morgan fingerprint density at radius 1 is 1.19 bits per heavy atom. The van der Waals surface area contributed by atoms with Crippen LogP contribution in [-0.2, 0) is 13.1 Å². The van der Waals surface area contributed by atoms with E-state index in [0.29, 0.717) is 46.7 Å². The van der Waals surface area contributed by atoms with Crippen LogP contribution in [0.3, 0.4) is 0 Å². The SMILES string of the molecule is Cc1c(N2CCC[C@@H](N)C2)n(Cc2ccccc2C#N)c(=O)n(Cc2cc(F)c3nsnc3c2)c1=O. The molecule has 36 heavy (non-hydrogen) atoms. The molecule has 4 aromatic rings. The molecule has 0 spiro atoms. The van der Waals surface area contributed by atoms with Crippen LogP contribution in [0.1, 0.15) is 35.1 Å². The summed E-state index contributed by atoms with van der Waals surface area (Å²) in [7, 11) is 0. The van der Waals surface area contributed by atoms with Gasteiger partial charge in [-0.1, -0.05) is 18.2 Å². The van der Waals surface area contributed by atoms with Crippen LogP contribution >= 0.6 is 11.7 Å². The lowest BCUT2D eigenvalue weighted by atomic mass is 10.1. The molecule has 5 rings (SSSR count). The summed E-state index contributed by atoms with van der Waals surface area (Å²) in [6, 6.07) is 12.1. The molecule has 2 aromatic heterocycles. The van der Waals surface area contributed by atoms with Crippen molar-refractivity contribution in [3.63, 3.8) is 0 Å². The van der Waals surface area contributed by atoms with Gasteiger partial charge in [-0.15, -0.1) is 0 Å². The van der Waals surface area contributed by atoms with Gasteiger partial charge in [-0.25, -0.2) is 9.18 Å². The Morgan fingerprint density at radius 2 is 2.00 bits per heavy atom. The first kappa shape index (κ1) is 23.8. The summed E-state index contributed by atoms with van der Waals surface area (Å²) in [5.41, 5.74) is 7.71. The molecule has 11 heteroatoms. The molecule has 0 bridgehead atoms. The Kier molecular flexibility index (Phi) is 6.38. The number of hydrogen-bond acceptors (Lipinski definition) is 8. The standard InChI is InChI=1S/C25H24FN7O2S/c1-15-23(31-8-4-7-19(28)14-31)32(13-18-6-3-2-5-17(18)11-27)25(35)33(24(15)34)12-16-9-20(26)22-21(10-16)29-36-30-22/h2-3,5-6,9-10,19H,4,7-8,12-14,28H2,1H3/t19-/m1/s1. The largest absolute Gasteiger partial charge is 0.356 e. The number of hydrogen-bond donors (Lipinski definition) is 1. The lowest BCUT2D eigenvalue weighted by Crippen LogP contribution is -2.49. The molecule has 0 unspecified atom stereocenters. The van der Waals surface area contributed by atoms with E-state index in [0.717, 1.165) is 29.1 Å². The van der Waals surface area contributed by atoms with E-state index in [1.807, 2.05) is 4.90 Å². The summed E-state index contributed by atoms with van der Waals surface area (Å²) in [5.74, 6) is -0.0438. The number of nitriles is 1. The van der Waals surface area contributed by atoms with Crippen molar-refractivity contribution in [3.8, 4) is 6.07 Å². The van der Waals surface area contributed by atoms with Crippen LogP contribution < -0.4 is 21.9 Å². The summed E-state index contributed by atoms with van der Waals surface area (Å²) in [4.78, 5) is 29.3. The molecule has 1 saturated heterocycles. The van der Waals surface area contributed by atoms with E-state index in [1.165, 1.54) is 10.6 Å². The van der Waals surface area contributed by atoms with Crippen molar-refractivity contribution >= 4 is 28.6 Å². The van der Waals surface area contributed by atoms with E-state index < -0.39 is 17.1 Å². The molecule has 1 aliphatic heterocycles. The lowest BCUT2D eigenvalue weighted by molar-refractivity contribution is 0.488. The predicted octanol–water partition coefficient (Wildman–Crippen LogP) is 2.36. The Morgan fingerprint density at radius 3 is 2.78 bits per heavy atom. The zero-order valence-electron chi connectivity index (χ0n) is 19.6. The maximum absolute atomic E-state index is 14.5. The van der Waals surface area contributed by atoms with Crippen molar-refractivity contribution in [2.75, 3.05) is 18.0 Å². The number of anilines is 1. The first-order valence-corrected chi connectivity index (χ1v) is 12.3. The molecule has 2 aromatic carbocycles. The molecule has 3 heterocycles. The topological polar surface area (TPSA) is 123 Å². The number of nitrogens with two attached hydrogens (primary N) is 1. The maximum atomic E-state index is 14.5. The smallest absolute Gasteiger partial charge is 0.333 e. The summed E-state index contributed by atoms with van der Waals surface area (Å²) in [6.45, 7) is 2.85. The third kappa shape index (κ3) is 4.29. The van der Waals surface area contributed by atoms with Gasteiger partial charge in [0, 0.05) is 19.1 Å².